The summed E-state index contributed by atoms with van der Waals surface area (Å²) in [5.41, 5.74) is 1.79. The summed E-state index contributed by atoms with van der Waals surface area (Å²) in [5.74, 6) is 0.689. The van der Waals surface area contributed by atoms with Crippen LogP contribution in [0.25, 0.3) is 0 Å². The van der Waals surface area contributed by atoms with Crippen LogP contribution in [0.3, 0.4) is 0 Å². The third-order valence-corrected chi connectivity index (χ3v) is 5.05. The molecule has 1 N–H and O–H groups in total. The fourth-order valence-electron chi connectivity index (χ4n) is 2.87. The molecule has 6 heteroatoms. The fraction of sp³-hybridized carbons (Fsp3) is 0.273. The van der Waals surface area contributed by atoms with E-state index in [9.17, 15) is 4.79 Å². The number of amides is 1. The SMILES string of the molecule is C[C@H](CNC(=O)c1ccncc1)Oc1cccc(CN(C)Cc2cccs2)c1. The zero-order chi connectivity index (χ0) is 19.8. The van der Waals surface area contributed by atoms with E-state index >= 15 is 0 Å². The van der Waals surface area contributed by atoms with Crippen molar-refractivity contribution in [3.05, 3.63) is 82.3 Å². The van der Waals surface area contributed by atoms with Crippen LogP contribution in [0.2, 0.25) is 0 Å². The largest absolute Gasteiger partial charge is 0.489 e. The van der Waals surface area contributed by atoms with Crippen molar-refractivity contribution in [2.24, 2.45) is 0 Å². The van der Waals surface area contributed by atoms with Crippen LogP contribution in [-0.4, -0.2) is 35.5 Å². The van der Waals surface area contributed by atoms with E-state index in [4.69, 9.17) is 4.74 Å². The summed E-state index contributed by atoms with van der Waals surface area (Å²) in [6.45, 7) is 4.16. The lowest BCUT2D eigenvalue weighted by molar-refractivity contribution is 0.0932. The van der Waals surface area contributed by atoms with Gasteiger partial charge in [0, 0.05) is 35.9 Å². The molecule has 1 atom stereocenters. The van der Waals surface area contributed by atoms with Crippen molar-refractivity contribution in [3.8, 4) is 5.75 Å². The van der Waals surface area contributed by atoms with Gasteiger partial charge in [0.05, 0.1) is 6.54 Å². The Balaban J connectivity index is 1.48. The zero-order valence-electron chi connectivity index (χ0n) is 16.2. The summed E-state index contributed by atoms with van der Waals surface area (Å²) in [5, 5.41) is 5.00. The summed E-state index contributed by atoms with van der Waals surface area (Å²) in [6.07, 6.45) is 3.08. The molecule has 146 valence electrons. The Morgan fingerprint density at radius 3 is 2.75 bits per heavy atom. The molecule has 1 amide bonds. The highest BCUT2D eigenvalue weighted by Crippen LogP contribution is 2.18. The Labute approximate surface area is 170 Å². The Kier molecular flexibility index (Phi) is 7.17. The molecule has 0 aliphatic rings. The minimum Gasteiger partial charge on any atom is -0.489 e. The van der Waals surface area contributed by atoms with Crippen LogP contribution < -0.4 is 10.1 Å². The maximum Gasteiger partial charge on any atom is 0.251 e. The van der Waals surface area contributed by atoms with Crippen molar-refractivity contribution < 1.29 is 9.53 Å². The van der Waals surface area contributed by atoms with Gasteiger partial charge in [-0.15, -0.1) is 11.3 Å². The first-order chi connectivity index (χ1) is 13.6. The number of ether oxygens (including phenoxy) is 1. The number of thiophene rings is 1. The topological polar surface area (TPSA) is 54.5 Å². The van der Waals surface area contributed by atoms with Crippen LogP contribution in [-0.2, 0) is 13.1 Å². The number of benzene rings is 1. The molecule has 0 spiro atoms. The molecular weight excluding hydrogens is 370 g/mol. The predicted octanol–water partition coefficient (Wildman–Crippen LogP) is 3.97. The van der Waals surface area contributed by atoms with Crippen LogP contribution in [0.15, 0.2) is 66.3 Å². The molecule has 2 heterocycles. The number of hydrogen-bond donors (Lipinski definition) is 1. The van der Waals surface area contributed by atoms with Crippen LogP contribution >= 0.6 is 11.3 Å². The highest BCUT2D eigenvalue weighted by Gasteiger charge is 2.10. The van der Waals surface area contributed by atoms with E-state index in [2.05, 4.69) is 51.9 Å². The van der Waals surface area contributed by atoms with Crippen LogP contribution in [0.1, 0.15) is 27.7 Å². The molecule has 3 rings (SSSR count). The second-order valence-electron chi connectivity index (χ2n) is 6.77. The number of carbonyl (C=O) groups excluding carboxylic acids is 1. The molecular formula is C22H25N3O2S. The fourth-order valence-corrected chi connectivity index (χ4v) is 3.65. The molecule has 0 unspecified atom stereocenters. The van der Waals surface area contributed by atoms with Crippen molar-refractivity contribution in [2.45, 2.75) is 26.1 Å². The average molecular weight is 396 g/mol. The summed E-state index contributed by atoms with van der Waals surface area (Å²) < 4.78 is 5.99. The number of nitrogens with zero attached hydrogens (tertiary/aromatic N) is 2. The number of nitrogens with one attached hydrogen (secondary N) is 1. The molecule has 3 aromatic rings. The molecule has 28 heavy (non-hydrogen) atoms. The molecule has 5 nitrogen and oxygen atoms in total. The van der Waals surface area contributed by atoms with Gasteiger partial charge < -0.3 is 10.1 Å². The number of pyridine rings is 1. The van der Waals surface area contributed by atoms with E-state index in [1.807, 2.05) is 19.1 Å². The van der Waals surface area contributed by atoms with Crippen LogP contribution in [0, 0.1) is 0 Å². The first-order valence-electron chi connectivity index (χ1n) is 9.25. The Hall–Kier alpha value is -2.70. The molecule has 0 aliphatic carbocycles. The lowest BCUT2D eigenvalue weighted by Gasteiger charge is -2.18. The Morgan fingerprint density at radius 1 is 1.18 bits per heavy atom. The third kappa shape index (κ3) is 6.18. The van der Waals surface area contributed by atoms with E-state index in [1.54, 1.807) is 35.9 Å². The van der Waals surface area contributed by atoms with Crippen molar-refractivity contribution in [1.29, 1.82) is 0 Å². The van der Waals surface area contributed by atoms with Gasteiger partial charge in [0.2, 0.25) is 0 Å². The molecule has 2 aromatic heterocycles. The second-order valence-corrected chi connectivity index (χ2v) is 7.81. The Bertz CT molecular complexity index is 869. The number of hydrogen-bond acceptors (Lipinski definition) is 5. The van der Waals surface area contributed by atoms with Gasteiger partial charge in [-0.1, -0.05) is 18.2 Å². The standard InChI is InChI=1S/C22H25N3O2S/c1-17(14-24-22(26)19-8-10-23-11-9-19)27-20-6-3-5-18(13-20)15-25(2)16-21-7-4-12-28-21/h3-13,17H,14-16H2,1-2H3,(H,24,26)/t17-/m1/s1. The van der Waals surface area contributed by atoms with E-state index in [0.717, 1.165) is 18.8 Å². The smallest absolute Gasteiger partial charge is 0.251 e. The van der Waals surface area contributed by atoms with Crippen molar-refractivity contribution >= 4 is 17.2 Å². The lowest BCUT2D eigenvalue weighted by atomic mass is 10.2. The average Bonchev–Trinajstić information content (AvgIpc) is 3.20. The maximum atomic E-state index is 12.1. The minimum atomic E-state index is -0.134. The molecule has 0 aliphatic heterocycles. The van der Waals surface area contributed by atoms with Gasteiger partial charge in [0.15, 0.2) is 0 Å². The monoisotopic (exact) mass is 395 g/mol. The van der Waals surface area contributed by atoms with Crippen molar-refractivity contribution in [3.63, 3.8) is 0 Å². The second kappa shape index (κ2) is 10.0. The van der Waals surface area contributed by atoms with Gasteiger partial charge in [-0.3, -0.25) is 14.7 Å². The summed E-state index contributed by atoms with van der Waals surface area (Å²) in [6, 6.07) is 15.7. The van der Waals surface area contributed by atoms with Gasteiger partial charge in [0.1, 0.15) is 11.9 Å². The Morgan fingerprint density at radius 2 is 2.00 bits per heavy atom. The summed E-state index contributed by atoms with van der Waals surface area (Å²) in [7, 11) is 2.12. The van der Waals surface area contributed by atoms with Gasteiger partial charge >= 0.3 is 0 Å². The molecule has 0 bridgehead atoms. The third-order valence-electron chi connectivity index (χ3n) is 4.19. The van der Waals surface area contributed by atoms with E-state index in [1.165, 1.54) is 10.4 Å². The molecule has 0 saturated heterocycles. The lowest BCUT2D eigenvalue weighted by Crippen LogP contribution is -2.33. The molecule has 1 aromatic carbocycles. The zero-order valence-corrected chi connectivity index (χ0v) is 17.0. The molecule has 0 fully saturated rings. The van der Waals surface area contributed by atoms with Gasteiger partial charge in [-0.2, -0.15) is 0 Å². The quantitative estimate of drug-likeness (QED) is 0.596. The molecule has 0 saturated carbocycles. The van der Waals surface area contributed by atoms with E-state index in [0.29, 0.717) is 12.1 Å². The minimum absolute atomic E-state index is 0.123. The first kappa shape index (κ1) is 20.0. The summed E-state index contributed by atoms with van der Waals surface area (Å²) in [4.78, 5) is 19.7. The van der Waals surface area contributed by atoms with Gasteiger partial charge in [-0.25, -0.2) is 0 Å². The highest BCUT2D eigenvalue weighted by molar-refractivity contribution is 7.09. The van der Waals surface area contributed by atoms with Crippen molar-refractivity contribution in [2.75, 3.05) is 13.6 Å². The number of carbonyl (C=O) groups is 1. The first-order valence-corrected chi connectivity index (χ1v) is 10.1. The number of aromatic nitrogens is 1. The molecule has 0 radical (unpaired) electrons. The van der Waals surface area contributed by atoms with Gasteiger partial charge in [-0.05, 0) is 55.2 Å². The van der Waals surface area contributed by atoms with Crippen LogP contribution in [0.5, 0.6) is 5.75 Å². The number of rotatable bonds is 9. The highest BCUT2D eigenvalue weighted by atomic mass is 32.1. The van der Waals surface area contributed by atoms with E-state index < -0.39 is 0 Å². The van der Waals surface area contributed by atoms with E-state index in [-0.39, 0.29) is 12.0 Å². The van der Waals surface area contributed by atoms with Gasteiger partial charge in [0.25, 0.3) is 5.91 Å². The van der Waals surface area contributed by atoms with Crippen molar-refractivity contribution in [1.82, 2.24) is 15.2 Å². The predicted molar refractivity (Wildman–Crippen MR) is 113 cm³/mol. The van der Waals surface area contributed by atoms with Crippen LogP contribution in [0.4, 0.5) is 0 Å². The summed E-state index contributed by atoms with van der Waals surface area (Å²) >= 11 is 1.78. The maximum absolute atomic E-state index is 12.1. The normalized spacial score (nSPS) is 12.0.